The molecule has 0 radical (unpaired) electrons. The normalized spacial score (nSPS) is 14.3. The molecule has 2 aromatic rings. The van der Waals surface area contributed by atoms with Gasteiger partial charge < -0.3 is 4.74 Å². The zero-order chi connectivity index (χ0) is 15.6. The van der Waals surface area contributed by atoms with Crippen molar-refractivity contribution in [2.24, 2.45) is 0 Å². The quantitative estimate of drug-likeness (QED) is 0.943. The van der Waals surface area contributed by atoms with E-state index in [0.29, 0.717) is 18.0 Å². The minimum absolute atomic E-state index is 0.438. The second-order valence-electron chi connectivity index (χ2n) is 5.11. The van der Waals surface area contributed by atoms with E-state index < -0.39 is 10.2 Å². The molecule has 22 heavy (non-hydrogen) atoms. The molecule has 0 saturated heterocycles. The molecule has 0 unspecified atom stereocenters. The number of benzene rings is 2. The van der Waals surface area contributed by atoms with Crippen LogP contribution in [-0.4, -0.2) is 22.1 Å². The molecule has 0 spiro atoms. The number of rotatable bonds is 4. The van der Waals surface area contributed by atoms with Crippen molar-refractivity contribution in [1.29, 1.82) is 0 Å². The van der Waals surface area contributed by atoms with Crippen molar-refractivity contribution >= 4 is 21.6 Å². The lowest BCUT2D eigenvalue weighted by Crippen LogP contribution is -2.39. The predicted octanol–water partition coefficient (Wildman–Crippen LogP) is 2.80. The zero-order valence-electron chi connectivity index (χ0n) is 12.3. The van der Waals surface area contributed by atoms with Crippen LogP contribution >= 0.6 is 0 Å². The second kappa shape index (κ2) is 5.88. The van der Waals surface area contributed by atoms with Gasteiger partial charge in [-0.15, -0.1) is 0 Å². The van der Waals surface area contributed by atoms with Crippen LogP contribution in [0.15, 0.2) is 48.5 Å². The van der Waals surface area contributed by atoms with Gasteiger partial charge in [0, 0.05) is 6.54 Å². The Balaban J connectivity index is 1.94. The number of nitrogens with zero attached hydrogens (tertiary/aromatic N) is 1. The fraction of sp³-hybridized carbons (Fsp3) is 0.250. The van der Waals surface area contributed by atoms with Gasteiger partial charge in [-0.25, -0.2) is 0 Å². The van der Waals surface area contributed by atoms with Gasteiger partial charge in [-0.1, -0.05) is 30.3 Å². The number of methoxy groups -OCH3 is 1. The van der Waals surface area contributed by atoms with E-state index in [1.807, 2.05) is 24.3 Å². The molecule has 0 aromatic heterocycles. The Hall–Kier alpha value is -2.21. The summed E-state index contributed by atoms with van der Waals surface area (Å²) in [6.45, 7) is 0.474. The molecule has 1 N–H and O–H groups in total. The molecule has 0 amide bonds. The average Bonchev–Trinajstić information content (AvgIpc) is 2.54. The van der Waals surface area contributed by atoms with Crippen molar-refractivity contribution in [2.75, 3.05) is 22.7 Å². The maximum atomic E-state index is 12.7. The van der Waals surface area contributed by atoms with Crippen LogP contribution in [0.3, 0.4) is 0 Å². The Kier molecular flexibility index (Phi) is 3.94. The van der Waals surface area contributed by atoms with Crippen molar-refractivity contribution in [1.82, 2.24) is 0 Å². The summed E-state index contributed by atoms with van der Waals surface area (Å²) in [5, 5.41) is 0. The Morgan fingerprint density at radius 3 is 2.64 bits per heavy atom. The highest BCUT2D eigenvalue weighted by molar-refractivity contribution is 7.94. The standard InChI is InChI=1S/C16H18N2O3S/c1-21-16-11-5-3-9-14(16)17-22(19,20)18-12-6-8-13-7-2-4-10-15(13)18/h2-5,7,9-11,17H,6,8,12H2,1H3. The van der Waals surface area contributed by atoms with Crippen molar-refractivity contribution in [3.63, 3.8) is 0 Å². The molecule has 1 heterocycles. The predicted molar refractivity (Wildman–Crippen MR) is 87.6 cm³/mol. The number of aryl methyl sites for hydroxylation is 1. The van der Waals surface area contributed by atoms with Crippen LogP contribution in [-0.2, 0) is 16.6 Å². The molecule has 0 fully saturated rings. The van der Waals surface area contributed by atoms with E-state index >= 15 is 0 Å². The van der Waals surface area contributed by atoms with Gasteiger partial charge in [0.1, 0.15) is 5.75 Å². The number of anilines is 2. The molecule has 2 aromatic carbocycles. The number of hydrogen-bond donors (Lipinski definition) is 1. The van der Waals surface area contributed by atoms with Gasteiger partial charge in [0.05, 0.1) is 18.5 Å². The van der Waals surface area contributed by atoms with Gasteiger partial charge in [-0.05, 0) is 36.6 Å². The van der Waals surface area contributed by atoms with E-state index in [4.69, 9.17) is 4.74 Å². The summed E-state index contributed by atoms with van der Waals surface area (Å²) < 4.78 is 34.7. The first-order valence-corrected chi connectivity index (χ1v) is 8.57. The monoisotopic (exact) mass is 318 g/mol. The Morgan fingerprint density at radius 1 is 1.09 bits per heavy atom. The topological polar surface area (TPSA) is 58.6 Å². The maximum Gasteiger partial charge on any atom is 0.324 e. The summed E-state index contributed by atoms with van der Waals surface area (Å²) in [7, 11) is -2.16. The van der Waals surface area contributed by atoms with E-state index in [9.17, 15) is 8.42 Å². The molecule has 0 aliphatic carbocycles. The van der Waals surface area contributed by atoms with Gasteiger partial charge in [-0.2, -0.15) is 8.42 Å². The van der Waals surface area contributed by atoms with Crippen LogP contribution in [0, 0.1) is 0 Å². The van der Waals surface area contributed by atoms with Gasteiger partial charge in [0.15, 0.2) is 0 Å². The molecule has 0 bridgehead atoms. The van der Waals surface area contributed by atoms with Crippen LogP contribution in [0.4, 0.5) is 11.4 Å². The molecule has 6 heteroatoms. The summed E-state index contributed by atoms with van der Waals surface area (Å²) >= 11 is 0. The number of nitrogens with one attached hydrogen (secondary N) is 1. The van der Waals surface area contributed by atoms with E-state index in [1.54, 1.807) is 24.3 Å². The fourth-order valence-electron chi connectivity index (χ4n) is 2.67. The second-order valence-corrected chi connectivity index (χ2v) is 6.71. The van der Waals surface area contributed by atoms with E-state index in [-0.39, 0.29) is 0 Å². The molecule has 1 aliphatic rings. The summed E-state index contributed by atoms with van der Waals surface area (Å²) in [6, 6.07) is 14.6. The van der Waals surface area contributed by atoms with E-state index in [2.05, 4.69) is 4.72 Å². The van der Waals surface area contributed by atoms with Gasteiger partial charge in [0.25, 0.3) is 0 Å². The Bertz CT molecular complexity index is 774. The molecule has 5 nitrogen and oxygen atoms in total. The molecule has 1 aliphatic heterocycles. The molecule has 116 valence electrons. The average molecular weight is 318 g/mol. The third-order valence-electron chi connectivity index (χ3n) is 3.70. The van der Waals surface area contributed by atoms with Crippen LogP contribution in [0.25, 0.3) is 0 Å². The first-order chi connectivity index (χ1) is 10.6. The zero-order valence-corrected chi connectivity index (χ0v) is 13.1. The van der Waals surface area contributed by atoms with Crippen molar-refractivity contribution in [3.05, 3.63) is 54.1 Å². The molecule has 0 atom stereocenters. The third kappa shape index (κ3) is 2.74. The first-order valence-electron chi connectivity index (χ1n) is 7.13. The minimum Gasteiger partial charge on any atom is -0.495 e. The minimum atomic E-state index is -3.68. The van der Waals surface area contributed by atoms with Crippen LogP contribution in [0.1, 0.15) is 12.0 Å². The lowest BCUT2D eigenvalue weighted by atomic mass is 10.0. The van der Waals surface area contributed by atoms with E-state index in [0.717, 1.165) is 24.1 Å². The van der Waals surface area contributed by atoms with Gasteiger partial charge in [0.2, 0.25) is 0 Å². The highest BCUT2D eigenvalue weighted by Crippen LogP contribution is 2.31. The highest BCUT2D eigenvalue weighted by atomic mass is 32.2. The molecule has 0 saturated carbocycles. The molecular weight excluding hydrogens is 300 g/mol. The van der Waals surface area contributed by atoms with Crippen molar-refractivity contribution in [2.45, 2.75) is 12.8 Å². The lowest BCUT2D eigenvalue weighted by molar-refractivity contribution is 0.417. The van der Waals surface area contributed by atoms with Gasteiger partial charge >= 0.3 is 10.2 Å². The van der Waals surface area contributed by atoms with Crippen LogP contribution in [0.5, 0.6) is 5.75 Å². The van der Waals surface area contributed by atoms with Crippen molar-refractivity contribution in [3.8, 4) is 5.75 Å². The first kappa shape index (κ1) is 14.7. The SMILES string of the molecule is COc1ccccc1NS(=O)(=O)N1CCCc2ccccc21. The summed E-state index contributed by atoms with van der Waals surface area (Å²) in [5.41, 5.74) is 2.24. The number of hydrogen-bond acceptors (Lipinski definition) is 3. The highest BCUT2D eigenvalue weighted by Gasteiger charge is 2.27. The summed E-state index contributed by atoms with van der Waals surface area (Å²) in [4.78, 5) is 0. The van der Waals surface area contributed by atoms with Gasteiger partial charge in [-0.3, -0.25) is 9.03 Å². The Labute approximate surface area is 130 Å². The third-order valence-corrected chi connectivity index (χ3v) is 5.14. The Morgan fingerprint density at radius 2 is 1.82 bits per heavy atom. The lowest BCUT2D eigenvalue weighted by Gasteiger charge is -2.30. The summed E-state index contributed by atoms with van der Waals surface area (Å²) in [6.07, 6.45) is 1.71. The number of ether oxygens (including phenoxy) is 1. The maximum absolute atomic E-state index is 12.7. The largest absolute Gasteiger partial charge is 0.495 e. The molecule has 3 rings (SSSR count). The van der Waals surface area contributed by atoms with Crippen LogP contribution < -0.4 is 13.8 Å². The number of fused-ring (bicyclic) bond motifs is 1. The number of para-hydroxylation sites is 3. The molecular formula is C16H18N2O3S. The summed E-state index contributed by atoms with van der Waals surface area (Å²) in [5.74, 6) is 0.497. The van der Waals surface area contributed by atoms with E-state index in [1.165, 1.54) is 11.4 Å². The smallest absolute Gasteiger partial charge is 0.324 e. The fourth-order valence-corrected chi connectivity index (χ4v) is 4.04. The van der Waals surface area contributed by atoms with Crippen LogP contribution in [0.2, 0.25) is 0 Å². The van der Waals surface area contributed by atoms with Crippen molar-refractivity contribution < 1.29 is 13.2 Å².